The van der Waals surface area contributed by atoms with Crippen LogP contribution < -0.4 is 4.90 Å². The van der Waals surface area contributed by atoms with Crippen molar-refractivity contribution in [3.63, 3.8) is 0 Å². The Labute approximate surface area is 176 Å². The van der Waals surface area contributed by atoms with E-state index in [1.165, 1.54) is 0 Å². The molecule has 27 heavy (non-hydrogen) atoms. The summed E-state index contributed by atoms with van der Waals surface area (Å²) in [4.78, 5) is 15.0. The van der Waals surface area contributed by atoms with Crippen molar-refractivity contribution in [2.75, 3.05) is 4.90 Å². The monoisotopic (exact) mass is 483 g/mol. The van der Waals surface area contributed by atoms with Crippen molar-refractivity contribution in [1.29, 1.82) is 0 Å². The normalized spacial score (nSPS) is 15.3. The summed E-state index contributed by atoms with van der Waals surface area (Å²) >= 11 is 8.30. The van der Waals surface area contributed by atoms with Gasteiger partial charge in [0.2, 0.25) is 0 Å². The van der Waals surface area contributed by atoms with Crippen LogP contribution in [0.1, 0.15) is 11.1 Å². The Morgan fingerprint density at radius 2 is 1.52 bits per heavy atom. The van der Waals surface area contributed by atoms with Crippen LogP contribution in [-0.2, 0) is 4.79 Å². The van der Waals surface area contributed by atoms with Crippen molar-refractivity contribution in [2.45, 2.75) is 0 Å². The highest BCUT2D eigenvalue weighted by Gasteiger charge is 2.30. The molecule has 1 aliphatic heterocycles. The number of anilines is 1. The summed E-state index contributed by atoms with van der Waals surface area (Å²) < 4.78 is 1.13. The second-order valence-electron chi connectivity index (χ2n) is 6.16. The van der Waals surface area contributed by atoms with Gasteiger partial charge in [0, 0.05) is 19.9 Å². The minimum absolute atomic E-state index is 0.0370. The minimum atomic E-state index is -0.0370. The molecule has 0 N–H and O–H groups in total. The average molecular weight is 484 g/mol. The van der Waals surface area contributed by atoms with Crippen LogP contribution in [0, 0.1) is 3.57 Å². The number of benzene rings is 3. The molecule has 0 aliphatic carbocycles. The van der Waals surface area contributed by atoms with E-state index in [2.05, 4.69) is 22.6 Å². The molecule has 0 saturated heterocycles. The van der Waals surface area contributed by atoms with Crippen LogP contribution in [0.15, 0.2) is 90.5 Å². The molecule has 0 fully saturated rings. The quantitative estimate of drug-likeness (QED) is 0.311. The van der Waals surface area contributed by atoms with Gasteiger partial charge in [-0.2, -0.15) is 0 Å². The van der Waals surface area contributed by atoms with Gasteiger partial charge in [0.25, 0.3) is 5.91 Å². The maximum Gasteiger partial charge on any atom is 0.262 e. The molecule has 1 amide bonds. The molecule has 0 saturated carbocycles. The first kappa shape index (κ1) is 18.0. The van der Waals surface area contributed by atoms with Gasteiger partial charge < -0.3 is 0 Å². The third-order valence-electron chi connectivity index (χ3n) is 4.33. The van der Waals surface area contributed by atoms with Crippen LogP contribution in [0.3, 0.4) is 0 Å². The molecule has 1 heterocycles. The number of halogens is 2. The molecule has 0 unspecified atom stereocenters. The first-order valence-electron chi connectivity index (χ1n) is 8.46. The molecule has 4 heteroatoms. The fraction of sp³-hybridized carbons (Fsp3) is 0. The Kier molecular flexibility index (Phi) is 5.14. The number of carbonyl (C=O) groups excluding carboxylic acids is 1. The summed E-state index contributed by atoms with van der Waals surface area (Å²) in [5.41, 5.74) is 4.29. The summed E-state index contributed by atoms with van der Waals surface area (Å²) in [6, 6.07) is 25.4. The van der Waals surface area contributed by atoms with Gasteiger partial charge in [-0.15, -0.1) is 0 Å². The van der Waals surface area contributed by atoms with Crippen LogP contribution in [0.5, 0.6) is 0 Å². The maximum absolute atomic E-state index is 13.2. The van der Waals surface area contributed by atoms with E-state index in [0.29, 0.717) is 10.6 Å². The zero-order valence-electron chi connectivity index (χ0n) is 14.3. The molecule has 1 aliphatic rings. The first-order valence-corrected chi connectivity index (χ1v) is 9.92. The van der Waals surface area contributed by atoms with Crippen molar-refractivity contribution in [3.8, 4) is 0 Å². The molecule has 132 valence electrons. The van der Waals surface area contributed by atoms with Crippen LogP contribution in [-0.4, -0.2) is 5.91 Å². The van der Waals surface area contributed by atoms with Crippen molar-refractivity contribution < 1.29 is 4.79 Å². The van der Waals surface area contributed by atoms with E-state index in [1.807, 2.05) is 91.0 Å². The second-order valence-corrected chi connectivity index (χ2v) is 7.85. The molecule has 0 radical (unpaired) electrons. The molecule has 4 rings (SSSR count). The van der Waals surface area contributed by atoms with E-state index in [9.17, 15) is 4.79 Å². The van der Waals surface area contributed by atoms with Crippen molar-refractivity contribution >= 4 is 57.6 Å². The number of nitrogens with zero attached hydrogens (tertiary/aromatic N) is 1. The van der Waals surface area contributed by atoms with E-state index >= 15 is 0 Å². The summed E-state index contributed by atoms with van der Waals surface area (Å²) in [6.07, 6.45) is 3.86. The van der Waals surface area contributed by atoms with Crippen LogP contribution in [0.4, 0.5) is 5.69 Å². The maximum atomic E-state index is 13.2. The molecule has 0 spiro atoms. The molecule has 0 aromatic heterocycles. The van der Waals surface area contributed by atoms with Crippen molar-refractivity contribution in [2.24, 2.45) is 0 Å². The van der Waals surface area contributed by atoms with Crippen LogP contribution in [0.2, 0.25) is 5.02 Å². The van der Waals surface area contributed by atoms with E-state index < -0.39 is 0 Å². The van der Waals surface area contributed by atoms with Gasteiger partial charge in [0.1, 0.15) is 0 Å². The number of carbonyl (C=O) groups is 1. The standard InChI is InChI=1S/C23H15ClINO/c24-19-8-6-17(7-9-19)22-15-18(14-16-4-2-1-3-5-16)23(27)26(22)21-12-10-20(25)11-13-21/h1-15H/b18-14+. The van der Waals surface area contributed by atoms with Gasteiger partial charge in [-0.05, 0) is 82.3 Å². The van der Waals surface area contributed by atoms with E-state index in [0.717, 1.165) is 26.1 Å². The largest absolute Gasteiger partial charge is 0.276 e. The van der Waals surface area contributed by atoms with Crippen molar-refractivity contribution in [1.82, 2.24) is 0 Å². The zero-order chi connectivity index (χ0) is 18.8. The third kappa shape index (κ3) is 3.84. The van der Waals surface area contributed by atoms with Gasteiger partial charge in [-0.1, -0.05) is 54.1 Å². The summed E-state index contributed by atoms with van der Waals surface area (Å²) in [5.74, 6) is -0.0370. The lowest BCUT2D eigenvalue weighted by Gasteiger charge is -2.21. The molecule has 0 atom stereocenters. The van der Waals surface area contributed by atoms with E-state index in [-0.39, 0.29) is 5.91 Å². The fourth-order valence-corrected chi connectivity index (χ4v) is 3.51. The highest BCUT2D eigenvalue weighted by atomic mass is 127. The van der Waals surface area contributed by atoms with Gasteiger partial charge in [0.05, 0.1) is 5.70 Å². The van der Waals surface area contributed by atoms with Gasteiger partial charge in [-0.3, -0.25) is 9.69 Å². The SMILES string of the molecule is O=C1/C(=C/c2ccccc2)C=C(c2ccc(Cl)cc2)N1c1ccc(I)cc1. The fourth-order valence-electron chi connectivity index (χ4n) is 3.02. The number of rotatable bonds is 3. The molecular weight excluding hydrogens is 469 g/mol. The number of hydrogen-bond donors (Lipinski definition) is 0. The summed E-state index contributed by atoms with van der Waals surface area (Å²) in [5, 5.41) is 0.671. The van der Waals surface area contributed by atoms with Crippen LogP contribution >= 0.6 is 34.2 Å². The highest BCUT2D eigenvalue weighted by molar-refractivity contribution is 14.1. The Bertz CT molecular complexity index is 1040. The smallest absolute Gasteiger partial charge is 0.262 e. The second kappa shape index (κ2) is 7.71. The highest BCUT2D eigenvalue weighted by Crippen LogP contribution is 2.35. The Morgan fingerprint density at radius 1 is 0.852 bits per heavy atom. The Morgan fingerprint density at radius 3 is 2.19 bits per heavy atom. The lowest BCUT2D eigenvalue weighted by molar-refractivity contribution is -0.113. The van der Waals surface area contributed by atoms with Gasteiger partial charge in [-0.25, -0.2) is 0 Å². The predicted octanol–water partition coefficient (Wildman–Crippen LogP) is 6.42. The molecule has 2 nitrogen and oxygen atoms in total. The van der Waals surface area contributed by atoms with Crippen molar-refractivity contribution in [3.05, 3.63) is 110 Å². The Balaban J connectivity index is 1.82. The van der Waals surface area contributed by atoms with E-state index in [1.54, 1.807) is 4.90 Å². The minimum Gasteiger partial charge on any atom is -0.276 e. The lowest BCUT2D eigenvalue weighted by Crippen LogP contribution is -2.24. The molecule has 3 aromatic rings. The van der Waals surface area contributed by atoms with Crippen LogP contribution in [0.25, 0.3) is 11.8 Å². The molecular formula is C23H15ClINO. The Hall–Kier alpha value is -2.37. The van der Waals surface area contributed by atoms with E-state index in [4.69, 9.17) is 11.6 Å². The topological polar surface area (TPSA) is 20.3 Å². The van der Waals surface area contributed by atoms with Gasteiger partial charge >= 0.3 is 0 Å². The average Bonchev–Trinajstić information content (AvgIpc) is 3.00. The number of hydrogen-bond acceptors (Lipinski definition) is 1. The third-order valence-corrected chi connectivity index (χ3v) is 5.30. The van der Waals surface area contributed by atoms with Gasteiger partial charge in [0.15, 0.2) is 0 Å². The summed E-state index contributed by atoms with van der Waals surface area (Å²) in [7, 11) is 0. The molecule has 0 bridgehead atoms. The predicted molar refractivity (Wildman–Crippen MR) is 120 cm³/mol. The lowest BCUT2D eigenvalue weighted by atomic mass is 10.1. The number of amides is 1. The zero-order valence-corrected chi connectivity index (χ0v) is 17.2. The molecule has 3 aromatic carbocycles. The summed E-state index contributed by atoms with van der Waals surface area (Å²) in [6.45, 7) is 0. The first-order chi connectivity index (χ1) is 13.1.